The Morgan fingerprint density at radius 3 is 2.08 bits per heavy atom. The second-order valence-electron chi connectivity index (χ2n) is 8.02. The second-order valence-corrected chi connectivity index (χ2v) is 8.02. The molecule has 0 unspecified atom stereocenters. The van der Waals surface area contributed by atoms with Gasteiger partial charge in [-0.1, -0.05) is 18.2 Å². The number of nitrogens with one attached hydrogen (secondary N) is 1. The molecule has 0 saturated carbocycles. The third-order valence-corrected chi connectivity index (χ3v) is 5.70. The summed E-state index contributed by atoms with van der Waals surface area (Å²) in [6.07, 6.45) is 1.53. The van der Waals surface area contributed by atoms with Gasteiger partial charge in [-0.25, -0.2) is 5.43 Å². The van der Waals surface area contributed by atoms with E-state index >= 15 is 0 Å². The van der Waals surface area contributed by atoms with Crippen molar-refractivity contribution >= 4 is 23.5 Å². The summed E-state index contributed by atoms with van der Waals surface area (Å²) >= 11 is 0. The van der Waals surface area contributed by atoms with Crippen LogP contribution in [0.3, 0.4) is 0 Å². The van der Waals surface area contributed by atoms with Crippen LogP contribution in [0.2, 0.25) is 0 Å². The number of rotatable bonds is 7. The van der Waals surface area contributed by atoms with Gasteiger partial charge in [0.2, 0.25) is 0 Å². The van der Waals surface area contributed by atoms with Crippen molar-refractivity contribution in [3.8, 4) is 16.8 Å². The van der Waals surface area contributed by atoms with Crippen LogP contribution in [0.25, 0.3) is 16.8 Å². The number of carbonyl (C=O) groups is 1. The average molecular weight is 483 g/mol. The lowest BCUT2D eigenvalue weighted by Crippen LogP contribution is -2.17. The number of hydrazone groups is 1. The molecule has 0 atom stereocenters. The molecule has 0 saturated heterocycles. The topological polar surface area (TPSA) is 133 Å². The molecule has 1 amide bonds. The predicted octanol–water partition coefficient (Wildman–Crippen LogP) is 5.34. The van der Waals surface area contributed by atoms with Gasteiger partial charge in [-0.3, -0.25) is 25.0 Å². The number of aromatic nitrogens is 1. The standard InChI is InChI=1S/C26H21N5O5/c1-17-14-22(16-27-28-26(32)21-4-3-5-25(15-21)31(35)36)18(2)29(17)23-10-6-19(7-11-23)20-8-12-24(13-9-20)30(33)34/h3-16H,1-2H3,(H,28,32)/b27-16-. The third kappa shape index (κ3) is 5.02. The summed E-state index contributed by atoms with van der Waals surface area (Å²) in [6.45, 7) is 3.89. The largest absolute Gasteiger partial charge is 0.318 e. The van der Waals surface area contributed by atoms with Gasteiger partial charge in [0, 0.05) is 52.5 Å². The number of nitro groups is 2. The van der Waals surface area contributed by atoms with Gasteiger partial charge < -0.3 is 4.57 Å². The quantitative estimate of drug-likeness (QED) is 0.215. The number of hydrogen-bond donors (Lipinski definition) is 1. The van der Waals surface area contributed by atoms with Gasteiger partial charge in [0.05, 0.1) is 16.1 Å². The van der Waals surface area contributed by atoms with E-state index in [9.17, 15) is 25.0 Å². The van der Waals surface area contributed by atoms with Crippen molar-refractivity contribution in [3.63, 3.8) is 0 Å². The van der Waals surface area contributed by atoms with Gasteiger partial charge in [0.1, 0.15) is 0 Å². The lowest BCUT2D eigenvalue weighted by atomic mass is 10.0. The molecule has 1 heterocycles. The van der Waals surface area contributed by atoms with Gasteiger partial charge in [0.25, 0.3) is 17.3 Å². The number of nitrogens with zero attached hydrogens (tertiary/aromatic N) is 4. The van der Waals surface area contributed by atoms with Crippen molar-refractivity contribution < 1.29 is 14.6 Å². The van der Waals surface area contributed by atoms with Crippen LogP contribution >= 0.6 is 0 Å². The van der Waals surface area contributed by atoms with Crippen molar-refractivity contribution in [2.75, 3.05) is 0 Å². The fourth-order valence-corrected chi connectivity index (χ4v) is 3.88. The van der Waals surface area contributed by atoms with E-state index < -0.39 is 15.8 Å². The molecule has 0 bridgehead atoms. The van der Waals surface area contributed by atoms with E-state index in [4.69, 9.17) is 0 Å². The molecule has 4 rings (SSSR count). The van der Waals surface area contributed by atoms with E-state index in [1.807, 2.05) is 48.7 Å². The molecular formula is C26H21N5O5. The Labute approximate surface area is 205 Å². The van der Waals surface area contributed by atoms with Crippen LogP contribution in [-0.2, 0) is 0 Å². The summed E-state index contributed by atoms with van der Waals surface area (Å²) in [5.74, 6) is -0.550. The van der Waals surface area contributed by atoms with Crippen LogP contribution in [0.4, 0.5) is 11.4 Å². The summed E-state index contributed by atoms with van der Waals surface area (Å²) in [5, 5.41) is 25.8. The fraction of sp³-hybridized carbons (Fsp3) is 0.0769. The van der Waals surface area contributed by atoms with E-state index in [2.05, 4.69) is 10.5 Å². The average Bonchev–Trinajstić information content (AvgIpc) is 3.16. The Hall–Kier alpha value is -5.12. The minimum Gasteiger partial charge on any atom is -0.318 e. The van der Waals surface area contributed by atoms with Crippen LogP contribution in [0.1, 0.15) is 27.3 Å². The first-order valence-corrected chi connectivity index (χ1v) is 10.9. The van der Waals surface area contributed by atoms with Crippen molar-refractivity contribution in [2.24, 2.45) is 5.10 Å². The number of amides is 1. The maximum atomic E-state index is 12.3. The molecule has 0 radical (unpaired) electrons. The van der Waals surface area contributed by atoms with E-state index in [1.54, 1.807) is 12.1 Å². The van der Waals surface area contributed by atoms with E-state index in [0.29, 0.717) is 0 Å². The number of hydrogen-bond acceptors (Lipinski definition) is 6. The Bertz CT molecular complexity index is 1490. The molecule has 0 aliphatic carbocycles. The first-order valence-electron chi connectivity index (χ1n) is 10.9. The summed E-state index contributed by atoms with van der Waals surface area (Å²) in [4.78, 5) is 33.1. The summed E-state index contributed by atoms with van der Waals surface area (Å²) in [5.41, 5.74) is 7.81. The summed E-state index contributed by atoms with van der Waals surface area (Å²) in [7, 11) is 0. The number of non-ortho nitro benzene ring substituents is 2. The summed E-state index contributed by atoms with van der Waals surface area (Å²) < 4.78 is 2.04. The highest BCUT2D eigenvalue weighted by molar-refractivity contribution is 5.95. The predicted molar refractivity (Wildman–Crippen MR) is 135 cm³/mol. The van der Waals surface area contributed by atoms with Crippen molar-refractivity contribution in [2.45, 2.75) is 13.8 Å². The van der Waals surface area contributed by atoms with Crippen LogP contribution in [0, 0.1) is 34.1 Å². The van der Waals surface area contributed by atoms with E-state index in [1.165, 1.54) is 42.6 Å². The molecular weight excluding hydrogens is 462 g/mol. The molecule has 1 N–H and O–H groups in total. The second kappa shape index (κ2) is 10.0. The lowest BCUT2D eigenvalue weighted by Gasteiger charge is -2.11. The molecule has 3 aromatic carbocycles. The van der Waals surface area contributed by atoms with Crippen LogP contribution < -0.4 is 5.43 Å². The zero-order valence-electron chi connectivity index (χ0n) is 19.4. The smallest absolute Gasteiger partial charge is 0.271 e. The molecule has 1 aromatic heterocycles. The molecule has 0 aliphatic rings. The fourth-order valence-electron chi connectivity index (χ4n) is 3.88. The Morgan fingerprint density at radius 2 is 1.47 bits per heavy atom. The van der Waals surface area contributed by atoms with Crippen LogP contribution in [0.5, 0.6) is 0 Å². The minimum atomic E-state index is -0.562. The Morgan fingerprint density at radius 1 is 0.861 bits per heavy atom. The SMILES string of the molecule is Cc1cc(/C=N\NC(=O)c2cccc([N+](=O)[O-])c2)c(C)n1-c1ccc(-c2ccc([N+](=O)[O-])cc2)cc1. The minimum absolute atomic E-state index is 0.0458. The van der Waals surface area contributed by atoms with Crippen molar-refractivity contribution in [1.29, 1.82) is 0 Å². The third-order valence-electron chi connectivity index (χ3n) is 5.70. The van der Waals surface area contributed by atoms with Gasteiger partial charge >= 0.3 is 0 Å². The van der Waals surface area contributed by atoms with Gasteiger partial charge in [-0.05, 0) is 61.4 Å². The van der Waals surface area contributed by atoms with Gasteiger partial charge in [-0.15, -0.1) is 0 Å². The molecule has 0 spiro atoms. The number of aryl methyl sites for hydroxylation is 1. The first-order chi connectivity index (χ1) is 17.2. The van der Waals surface area contributed by atoms with Crippen molar-refractivity contribution in [1.82, 2.24) is 9.99 Å². The number of carbonyl (C=O) groups excluding carboxylic acids is 1. The van der Waals surface area contributed by atoms with Gasteiger partial charge in [-0.2, -0.15) is 5.10 Å². The normalized spacial score (nSPS) is 10.9. The first kappa shape index (κ1) is 24.0. The zero-order chi connectivity index (χ0) is 25.8. The van der Waals surface area contributed by atoms with E-state index in [0.717, 1.165) is 33.8 Å². The maximum absolute atomic E-state index is 12.3. The molecule has 0 aliphatic heterocycles. The highest BCUT2D eigenvalue weighted by Gasteiger charge is 2.12. The zero-order valence-corrected chi connectivity index (χ0v) is 19.4. The molecule has 4 aromatic rings. The molecule has 180 valence electrons. The molecule has 10 heteroatoms. The molecule has 10 nitrogen and oxygen atoms in total. The van der Waals surface area contributed by atoms with Gasteiger partial charge in [0.15, 0.2) is 0 Å². The van der Waals surface area contributed by atoms with Crippen LogP contribution in [-0.4, -0.2) is 26.5 Å². The highest BCUT2D eigenvalue weighted by atomic mass is 16.6. The van der Waals surface area contributed by atoms with Crippen molar-refractivity contribution in [3.05, 3.63) is 122 Å². The lowest BCUT2D eigenvalue weighted by molar-refractivity contribution is -0.385. The summed E-state index contributed by atoms with van der Waals surface area (Å²) in [6, 6.07) is 21.6. The number of nitro benzene ring substituents is 2. The van der Waals surface area contributed by atoms with Crippen LogP contribution in [0.15, 0.2) is 84.0 Å². The molecule has 0 fully saturated rings. The Balaban J connectivity index is 1.50. The highest BCUT2D eigenvalue weighted by Crippen LogP contribution is 2.26. The Kier molecular flexibility index (Phi) is 6.68. The maximum Gasteiger partial charge on any atom is 0.271 e. The number of benzene rings is 3. The van der Waals surface area contributed by atoms with E-state index in [-0.39, 0.29) is 16.9 Å². The molecule has 36 heavy (non-hydrogen) atoms. The monoisotopic (exact) mass is 483 g/mol.